The smallest absolute Gasteiger partial charge is 0.155 e. The van der Waals surface area contributed by atoms with E-state index in [0.29, 0.717) is 6.04 Å². The third-order valence-electron chi connectivity index (χ3n) is 2.49. The van der Waals surface area contributed by atoms with Crippen molar-refractivity contribution < 1.29 is 4.52 Å². The second-order valence-electron chi connectivity index (χ2n) is 3.57. The van der Waals surface area contributed by atoms with Gasteiger partial charge in [0.1, 0.15) is 0 Å². The first kappa shape index (κ1) is 8.72. The molecule has 0 radical (unpaired) electrons. The van der Waals surface area contributed by atoms with Gasteiger partial charge >= 0.3 is 0 Å². The lowest BCUT2D eigenvalue weighted by Gasteiger charge is -2.30. The molecule has 1 aromatic heterocycles. The minimum atomic E-state index is 0.343. The SMILES string of the molecule is Cc1cc(C2CNCCN2C)on1. The second-order valence-corrected chi connectivity index (χ2v) is 3.57. The fourth-order valence-electron chi connectivity index (χ4n) is 1.66. The Morgan fingerprint density at radius 3 is 3.15 bits per heavy atom. The Balaban J connectivity index is 2.14. The number of aryl methyl sites for hydroxylation is 1. The van der Waals surface area contributed by atoms with Gasteiger partial charge in [0.2, 0.25) is 0 Å². The van der Waals surface area contributed by atoms with Crippen molar-refractivity contribution in [3.05, 3.63) is 17.5 Å². The highest BCUT2D eigenvalue weighted by molar-refractivity contribution is 5.09. The van der Waals surface area contributed by atoms with Gasteiger partial charge in [-0.15, -0.1) is 0 Å². The van der Waals surface area contributed by atoms with Crippen LogP contribution in [-0.2, 0) is 0 Å². The highest BCUT2D eigenvalue weighted by atomic mass is 16.5. The van der Waals surface area contributed by atoms with Gasteiger partial charge < -0.3 is 9.84 Å². The molecule has 13 heavy (non-hydrogen) atoms. The van der Waals surface area contributed by atoms with Crippen molar-refractivity contribution in [2.24, 2.45) is 0 Å². The van der Waals surface area contributed by atoms with Crippen molar-refractivity contribution in [1.29, 1.82) is 0 Å². The molecule has 1 N–H and O–H groups in total. The largest absolute Gasteiger partial charge is 0.359 e. The van der Waals surface area contributed by atoms with Crippen molar-refractivity contribution in [2.75, 3.05) is 26.7 Å². The molecular weight excluding hydrogens is 166 g/mol. The number of hydrogen-bond acceptors (Lipinski definition) is 4. The molecule has 4 nitrogen and oxygen atoms in total. The van der Waals surface area contributed by atoms with Crippen molar-refractivity contribution in [2.45, 2.75) is 13.0 Å². The van der Waals surface area contributed by atoms with Gasteiger partial charge in [0.25, 0.3) is 0 Å². The van der Waals surface area contributed by atoms with E-state index in [2.05, 4.69) is 22.4 Å². The number of nitrogens with zero attached hydrogens (tertiary/aromatic N) is 2. The average Bonchev–Trinajstić information content (AvgIpc) is 2.53. The van der Waals surface area contributed by atoms with E-state index in [4.69, 9.17) is 4.52 Å². The summed E-state index contributed by atoms with van der Waals surface area (Å²) in [5, 5.41) is 7.24. The predicted molar refractivity (Wildman–Crippen MR) is 49.5 cm³/mol. The van der Waals surface area contributed by atoms with E-state index in [-0.39, 0.29) is 0 Å². The Kier molecular flexibility index (Phi) is 2.33. The zero-order valence-corrected chi connectivity index (χ0v) is 8.08. The minimum absolute atomic E-state index is 0.343. The maximum Gasteiger partial charge on any atom is 0.155 e. The predicted octanol–water partition coefficient (Wildman–Crippen LogP) is 0.559. The van der Waals surface area contributed by atoms with Crippen LogP contribution in [0, 0.1) is 6.92 Å². The Bertz CT molecular complexity index is 284. The van der Waals surface area contributed by atoms with Crippen LogP contribution in [0.5, 0.6) is 0 Å². The van der Waals surface area contributed by atoms with E-state index in [1.807, 2.05) is 13.0 Å². The highest BCUT2D eigenvalue weighted by Gasteiger charge is 2.23. The molecular formula is C9H15N3O. The first-order valence-corrected chi connectivity index (χ1v) is 4.61. The van der Waals surface area contributed by atoms with Gasteiger partial charge in [0.05, 0.1) is 11.7 Å². The van der Waals surface area contributed by atoms with Crippen molar-refractivity contribution in [1.82, 2.24) is 15.4 Å². The highest BCUT2D eigenvalue weighted by Crippen LogP contribution is 2.20. The fraction of sp³-hybridized carbons (Fsp3) is 0.667. The number of nitrogens with one attached hydrogen (secondary N) is 1. The molecule has 1 fully saturated rings. The van der Waals surface area contributed by atoms with E-state index in [1.165, 1.54) is 0 Å². The summed E-state index contributed by atoms with van der Waals surface area (Å²) in [6.07, 6.45) is 0. The zero-order valence-electron chi connectivity index (χ0n) is 8.08. The van der Waals surface area contributed by atoms with Gasteiger partial charge in [-0.05, 0) is 14.0 Å². The number of rotatable bonds is 1. The van der Waals surface area contributed by atoms with E-state index in [1.54, 1.807) is 0 Å². The number of piperazine rings is 1. The molecule has 1 unspecified atom stereocenters. The summed E-state index contributed by atoms with van der Waals surface area (Å²) in [5.41, 5.74) is 0.953. The van der Waals surface area contributed by atoms with Crippen LogP contribution in [0.1, 0.15) is 17.5 Å². The van der Waals surface area contributed by atoms with Gasteiger partial charge in [-0.25, -0.2) is 0 Å². The lowest BCUT2D eigenvalue weighted by molar-refractivity contribution is 0.168. The van der Waals surface area contributed by atoms with Gasteiger partial charge in [-0.2, -0.15) is 0 Å². The van der Waals surface area contributed by atoms with Gasteiger partial charge in [0.15, 0.2) is 5.76 Å². The van der Waals surface area contributed by atoms with E-state index in [0.717, 1.165) is 31.1 Å². The van der Waals surface area contributed by atoms with Crippen molar-refractivity contribution >= 4 is 0 Å². The maximum atomic E-state index is 5.24. The molecule has 4 heteroatoms. The maximum absolute atomic E-state index is 5.24. The summed E-state index contributed by atoms with van der Waals surface area (Å²) in [7, 11) is 2.11. The van der Waals surface area contributed by atoms with E-state index in [9.17, 15) is 0 Å². The molecule has 0 spiro atoms. The zero-order chi connectivity index (χ0) is 9.26. The summed E-state index contributed by atoms with van der Waals surface area (Å²) in [6.45, 7) is 5.01. The third kappa shape index (κ3) is 1.73. The molecule has 2 rings (SSSR count). The van der Waals surface area contributed by atoms with Crippen LogP contribution in [-0.4, -0.2) is 36.7 Å². The molecule has 2 heterocycles. The first-order chi connectivity index (χ1) is 6.27. The van der Waals surface area contributed by atoms with Crippen LogP contribution in [0.3, 0.4) is 0 Å². The number of likely N-dealkylation sites (N-methyl/N-ethyl adjacent to an activating group) is 1. The van der Waals surface area contributed by atoms with E-state index < -0.39 is 0 Å². The molecule has 0 aliphatic carbocycles. The van der Waals surface area contributed by atoms with Crippen LogP contribution >= 0.6 is 0 Å². The molecule has 0 aromatic carbocycles. The van der Waals surface area contributed by atoms with Crippen LogP contribution < -0.4 is 5.32 Å². The van der Waals surface area contributed by atoms with Gasteiger partial charge in [0, 0.05) is 25.7 Å². The van der Waals surface area contributed by atoms with Gasteiger partial charge in [-0.3, -0.25) is 4.90 Å². The molecule has 1 atom stereocenters. The Hall–Kier alpha value is -0.870. The molecule has 1 saturated heterocycles. The molecule has 1 aromatic rings. The van der Waals surface area contributed by atoms with Crippen LogP contribution in [0.4, 0.5) is 0 Å². The molecule has 1 aliphatic heterocycles. The topological polar surface area (TPSA) is 41.3 Å². The van der Waals surface area contributed by atoms with Crippen LogP contribution in [0.2, 0.25) is 0 Å². The lowest BCUT2D eigenvalue weighted by Crippen LogP contribution is -2.43. The Morgan fingerprint density at radius 1 is 1.69 bits per heavy atom. The summed E-state index contributed by atoms with van der Waals surface area (Å²) in [5.74, 6) is 0.965. The molecule has 0 bridgehead atoms. The van der Waals surface area contributed by atoms with Crippen molar-refractivity contribution in [3.63, 3.8) is 0 Å². The number of aromatic nitrogens is 1. The number of hydrogen-bond donors (Lipinski definition) is 1. The third-order valence-corrected chi connectivity index (χ3v) is 2.49. The van der Waals surface area contributed by atoms with Gasteiger partial charge in [-0.1, -0.05) is 5.16 Å². The lowest BCUT2D eigenvalue weighted by atomic mass is 10.1. The molecule has 1 aliphatic rings. The average molecular weight is 181 g/mol. The normalized spacial score (nSPS) is 24.9. The quantitative estimate of drug-likeness (QED) is 0.687. The second kappa shape index (κ2) is 3.47. The fourth-order valence-corrected chi connectivity index (χ4v) is 1.66. The molecule has 72 valence electrons. The molecule has 0 amide bonds. The minimum Gasteiger partial charge on any atom is -0.359 e. The summed E-state index contributed by atoms with van der Waals surface area (Å²) in [4.78, 5) is 2.29. The summed E-state index contributed by atoms with van der Waals surface area (Å²) < 4.78 is 5.24. The first-order valence-electron chi connectivity index (χ1n) is 4.61. The monoisotopic (exact) mass is 181 g/mol. The Labute approximate surface area is 77.9 Å². The van der Waals surface area contributed by atoms with E-state index >= 15 is 0 Å². The van der Waals surface area contributed by atoms with Crippen LogP contribution in [0.15, 0.2) is 10.6 Å². The van der Waals surface area contributed by atoms with Crippen LogP contribution in [0.25, 0.3) is 0 Å². The standard InChI is InChI=1S/C9H15N3O/c1-7-5-9(13-11-7)8-6-10-3-4-12(8)2/h5,8,10H,3-4,6H2,1-2H3. The summed E-state index contributed by atoms with van der Waals surface area (Å²) >= 11 is 0. The van der Waals surface area contributed by atoms with Crippen molar-refractivity contribution in [3.8, 4) is 0 Å². The molecule has 0 saturated carbocycles. The summed E-state index contributed by atoms with van der Waals surface area (Å²) in [6, 6.07) is 2.35. The Morgan fingerprint density at radius 2 is 2.54 bits per heavy atom.